The molecule has 28 heavy (non-hydrogen) atoms. The van der Waals surface area contributed by atoms with E-state index in [2.05, 4.69) is 20.5 Å². The van der Waals surface area contributed by atoms with Gasteiger partial charge >= 0.3 is 0 Å². The Morgan fingerprint density at radius 3 is 2.82 bits per heavy atom. The maximum Gasteiger partial charge on any atom is 0.231 e. The summed E-state index contributed by atoms with van der Waals surface area (Å²) in [4.78, 5) is 16.6. The quantitative estimate of drug-likeness (QED) is 0.450. The lowest BCUT2D eigenvalue weighted by Crippen LogP contribution is -2.27. The molecule has 1 aromatic heterocycles. The van der Waals surface area contributed by atoms with Crippen molar-refractivity contribution in [3.63, 3.8) is 0 Å². The Kier molecular flexibility index (Phi) is 5.77. The number of aromatic nitrogens is 3. The number of nitrogens with zero attached hydrogens (tertiary/aromatic N) is 2. The first kappa shape index (κ1) is 18.4. The van der Waals surface area contributed by atoms with E-state index in [4.69, 9.17) is 9.47 Å². The van der Waals surface area contributed by atoms with Crippen molar-refractivity contribution in [1.29, 1.82) is 0 Å². The summed E-state index contributed by atoms with van der Waals surface area (Å²) in [6.45, 7) is 0.797. The van der Waals surface area contributed by atoms with Crippen molar-refractivity contribution in [3.05, 3.63) is 66.0 Å². The van der Waals surface area contributed by atoms with Gasteiger partial charge in [-0.1, -0.05) is 48.2 Å². The van der Waals surface area contributed by atoms with Crippen LogP contribution < -0.4 is 14.8 Å². The summed E-state index contributed by atoms with van der Waals surface area (Å²) in [5.41, 5.74) is 2.12. The fourth-order valence-electron chi connectivity index (χ4n) is 3.10. The molecule has 0 unspecified atom stereocenters. The normalized spacial score (nSPS) is 13.3. The number of H-pyrrole nitrogens is 1. The molecule has 0 bridgehead atoms. The highest BCUT2D eigenvalue weighted by Crippen LogP contribution is 2.37. The van der Waals surface area contributed by atoms with Crippen molar-refractivity contribution in [3.8, 4) is 11.5 Å². The van der Waals surface area contributed by atoms with Gasteiger partial charge in [-0.15, -0.1) is 0 Å². The third-order valence-corrected chi connectivity index (χ3v) is 5.32. The second-order valence-corrected chi connectivity index (χ2v) is 7.35. The molecule has 7 nitrogen and oxygen atoms in total. The van der Waals surface area contributed by atoms with E-state index in [9.17, 15) is 4.79 Å². The number of amides is 1. The SMILES string of the molecule is O=C(C[C@@H](c1ccccc1)c1ccc2c(c1)OCO2)NCCSc1ncn[nH]1. The zero-order chi connectivity index (χ0) is 19.2. The van der Waals surface area contributed by atoms with Crippen LogP contribution in [0.2, 0.25) is 0 Å². The third kappa shape index (κ3) is 4.45. The van der Waals surface area contributed by atoms with Crippen LogP contribution in [0.4, 0.5) is 0 Å². The molecule has 4 rings (SSSR count). The highest BCUT2D eigenvalue weighted by Gasteiger charge is 2.21. The average Bonchev–Trinajstić information content (AvgIpc) is 3.41. The molecular formula is C20H20N4O3S. The number of fused-ring (bicyclic) bond motifs is 1. The number of aromatic amines is 1. The van der Waals surface area contributed by atoms with Gasteiger partial charge in [-0.2, -0.15) is 5.10 Å². The number of rotatable bonds is 8. The molecule has 3 aromatic rings. The minimum absolute atomic E-state index is 0.00434. The van der Waals surface area contributed by atoms with Gasteiger partial charge in [-0.25, -0.2) is 4.98 Å². The minimum atomic E-state index is -0.0578. The van der Waals surface area contributed by atoms with E-state index in [0.29, 0.717) is 13.0 Å². The van der Waals surface area contributed by atoms with Crippen molar-refractivity contribution >= 4 is 17.7 Å². The van der Waals surface area contributed by atoms with Crippen LogP contribution in [0.5, 0.6) is 11.5 Å². The summed E-state index contributed by atoms with van der Waals surface area (Å²) >= 11 is 1.52. The Balaban J connectivity index is 1.41. The van der Waals surface area contributed by atoms with Crippen LogP contribution in [0.15, 0.2) is 60.0 Å². The zero-order valence-corrected chi connectivity index (χ0v) is 15.9. The zero-order valence-electron chi connectivity index (χ0n) is 15.1. The molecule has 1 amide bonds. The fourth-order valence-corrected chi connectivity index (χ4v) is 3.74. The van der Waals surface area contributed by atoms with E-state index in [1.807, 2.05) is 48.5 Å². The van der Waals surface area contributed by atoms with Gasteiger partial charge in [0.1, 0.15) is 6.33 Å². The monoisotopic (exact) mass is 396 g/mol. The van der Waals surface area contributed by atoms with Crippen LogP contribution in [-0.2, 0) is 4.79 Å². The third-order valence-electron chi connectivity index (χ3n) is 4.45. The lowest BCUT2D eigenvalue weighted by Gasteiger charge is -2.18. The van der Waals surface area contributed by atoms with E-state index in [0.717, 1.165) is 33.5 Å². The number of carbonyl (C=O) groups is 1. The number of ether oxygens (including phenoxy) is 2. The van der Waals surface area contributed by atoms with Crippen molar-refractivity contribution in [2.45, 2.75) is 17.5 Å². The molecule has 0 aliphatic carbocycles. The number of thioether (sulfide) groups is 1. The molecule has 1 atom stereocenters. The summed E-state index contributed by atoms with van der Waals surface area (Å²) in [5, 5.41) is 10.3. The van der Waals surface area contributed by atoms with Crippen LogP contribution in [0.1, 0.15) is 23.5 Å². The molecule has 0 saturated carbocycles. The Bertz CT molecular complexity index is 918. The van der Waals surface area contributed by atoms with Gasteiger partial charge in [0.05, 0.1) is 0 Å². The number of hydrogen-bond donors (Lipinski definition) is 2. The first-order valence-electron chi connectivity index (χ1n) is 8.99. The Morgan fingerprint density at radius 1 is 1.14 bits per heavy atom. The molecule has 1 aliphatic rings. The number of benzene rings is 2. The second-order valence-electron chi connectivity index (χ2n) is 6.27. The van der Waals surface area contributed by atoms with Crippen molar-refractivity contribution < 1.29 is 14.3 Å². The highest BCUT2D eigenvalue weighted by atomic mass is 32.2. The molecule has 1 aliphatic heterocycles. The van der Waals surface area contributed by atoms with E-state index in [1.165, 1.54) is 18.1 Å². The number of carbonyl (C=O) groups excluding carboxylic acids is 1. The smallest absolute Gasteiger partial charge is 0.231 e. The van der Waals surface area contributed by atoms with Crippen LogP contribution in [0.3, 0.4) is 0 Å². The van der Waals surface area contributed by atoms with Crippen molar-refractivity contribution in [2.24, 2.45) is 0 Å². The predicted octanol–water partition coefficient (Wildman–Crippen LogP) is 2.96. The van der Waals surface area contributed by atoms with Gasteiger partial charge in [0, 0.05) is 24.6 Å². The van der Waals surface area contributed by atoms with E-state index >= 15 is 0 Å². The molecule has 2 aromatic carbocycles. The molecule has 2 N–H and O–H groups in total. The average molecular weight is 396 g/mol. The van der Waals surface area contributed by atoms with Gasteiger partial charge < -0.3 is 14.8 Å². The largest absolute Gasteiger partial charge is 0.454 e. The number of nitrogens with one attached hydrogen (secondary N) is 2. The Morgan fingerprint density at radius 2 is 2.00 bits per heavy atom. The molecular weight excluding hydrogens is 376 g/mol. The Hall–Kier alpha value is -3.00. The lowest BCUT2D eigenvalue weighted by atomic mass is 9.88. The molecule has 0 spiro atoms. The second kappa shape index (κ2) is 8.79. The predicted molar refractivity (Wildman–Crippen MR) is 106 cm³/mol. The number of hydrogen-bond acceptors (Lipinski definition) is 6. The summed E-state index contributed by atoms with van der Waals surface area (Å²) in [7, 11) is 0. The van der Waals surface area contributed by atoms with E-state index in [-0.39, 0.29) is 18.6 Å². The van der Waals surface area contributed by atoms with Gasteiger partial charge in [-0.3, -0.25) is 9.89 Å². The van der Waals surface area contributed by atoms with Crippen molar-refractivity contribution in [2.75, 3.05) is 19.1 Å². The maximum atomic E-state index is 12.6. The van der Waals surface area contributed by atoms with Gasteiger partial charge in [0.15, 0.2) is 16.7 Å². The fraction of sp³-hybridized carbons (Fsp3) is 0.250. The van der Waals surface area contributed by atoms with Crippen LogP contribution in [0, 0.1) is 0 Å². The van der Waals surface area contributed by atoms with Crippen molar-refractivity contribution in [1.82, 2.24) is 20.5 Å². The molecule has 8 heteroatoms. The van der Waals surface area contributed by atoms with E-state index < -0.39 is 0 Å². The molecule has 0 saturated heterocycles. The van der Waals surface area contributed by atoms with Crippen LogP contribution in [-0.4, -0.2) is 40.2 Å². The van der Waals surface area contributed by atoms with Gasteiger partial charge in [0.25, 0.3) is 0 Å². The first-order valence-corrected chi connectivity index (χ1v) is 9.97. The van der Waals surface area contributed by atoms with Crippen LogP contribution >= 0.6 is 11.8 Å². The summed E-state index contributed by atoms with van der Waals surface area (Å²) in [5.74, 6) is 2.13. The van der Waals surface area contributed by atoms with Crippen LogP contribution in [0.25, 0.3) is 0 Å². The lowest BCUT2D eigenvalue weighted by molar-refractivity contribution is -0.121. The standard InChI is InChI=1S/C20H20N4O3S/c25-19(21-8-9-28-20-22-12-23-24-20)11-16(14-4-2-1-3-5-14)15-6-7-17-18(10-15)27-13-26-17/h1-7,10,12,16H,8-9,11,13H2,(H,21,25)(H,22,23,24)/t16-/m0/s1. The molecule has 144 valence electrons. The van der Waals surface area contributed by atoms with E-state index in [1.54, 1.807) is 0 Å². The minimum Gasteiger partial charge on any atom is -0.454 e. The molecule has 0 fully saturated rings. The highest BCUT2D eigenvalue weighted by molar-refractivity contribution is 7.99. The topological polar surface area (TPSA) is 89.1 Å². The first-order chi connectivity index (χ1) is 13.8. The van der Waals surface area contributed by atoms with Gasteiger partial charge in [-0.05, 0) is 23.3 Å². The summed E-state index contributed by atoms with van der Waals surface area (Å²) in [6.07, 6.45) is 1.83. The summed E-state index contributed by atoms with van der Waals surface area (Å²) < 4.78 is 10.9. The molecule has 2 heterocycles. The summed E-state index contributed by atoms with van der Waals surface area (Å²) in [6, 6.07) is 15.9. The maximum absolute atomic E-state index is 12.6. The molecule has 0 radical (unpaired) electrons. The van der Waals surface area contributed by atoms with Gasteiger partial charge in [0.2, 0.25) is 12.7 Å². The Labute approximate surface area is 166 Å².